The molecule has 60 heavy (non-hydrogen) atoms. The Morgan fingerprint density at radius 1 is 0.250 bits per heavy atom. The van der Waals surface area contributed by atoms with Gasteiger partial charge in [-0.1, -0.05) is 198 Å². The summed E-state index contributed by atoms with van der Waals surface area (Å²) in [5, 5.41) is 7.63. The molecule has 0 heteroatoms. The highest BCUT2D eigenvalue weighted by Gasteiger charge is 2.37. The van der Waals surface area contributed by atoms with Gasteiger partial charge in [-0.05, 0) is 146 Å². The highest BCUT2D eigenvalue weighted by molar-refractivity contribution is 6.22. The molecule has 10 aromatic rings. The maximum Gasteiger partial charge on any atom is 0.0159 e. The molecule has 12 rings (SSSR count). The smallest absolute Gasteiger partial charge is 0.0159 e. The molecule has 0 atom stereocenters. The van der Waals surface area contributed by atoms with Crippen LogP contribution in [-0.2, 0) is 10.8 Å². The molecular weight excluding hydrogens is 721 g/mol. The number of fused-ring (bicyclic) bond motifs is 9. The molecule has 0 fully saturated rings. The summed E-state index contributed by atoms with van der Waals surface area (Å²) in [4.78, 5) is 0. The van der Waals surface area contributed by atoms with Gasteiger partial charge >= 0.3 is 0 Å². The van der Waals surface area contributed by atoms with Crippen LogP contribution >= 0.6 is 0 Å². The highest BCUT2D eigenvalue weighted by Crippen LogP contribution is 2.54. The minimum Gasteiger partial charge on any atom is -0.0622 e. The van der Waals surface area contributed by atoms with Gasteiger partial charge in [0.25, 0.3) is 0 Å². The van der Waals surface area contributed by atoms with Crippen LogP contribution in [0.3, 0.4) is 0 Å². The second-order valence-electron chi connectivity index (χ2n) is 18.0. The average molecular weight is 765 g/mol. The first kappa shape index (κ1) is 35.0. The Balaban J connectivity index is 1.11. The van der Waals surface area contributed by atoms with Crippen LogP contribution in [0.4, 0.5) is 0 Å². The van der Waals surface area contributed by atoms with E-state index in [0.29, 0.717) is 0 Å². The summed E-state index contributed by atoms with van der Waals surface area (Å²) < 4.78 is 0. The molecular formula is C60H44. The van der Waals surface area contributed by atoms with Gasteiger partial charge in [0.1, 0.15) is 0 Å². The van der Waals surface area contributed by atoms with Crippen molar-refractivity contribution in [3.63, 3.8) is 0 Å². The lowest BCUT2D eigenvalue weighted by Gasteiger charge is -2.24. The first-order chi connectivity index (χ1) is 29.3. The minimum absolute atomic E-state index is 0.0990. The molecule has 2 aliphatic rings. The molecule has 0 aliphatic heterocycles. The maximum atomic E-state index is 2.51. The standard InChI is InChI=1S/C60H44/c1-59(2)53-24-13-12-20-45(53)46-30-28-42(36-55(46)59)58-50-22-11-10-21-49(50)57(51-32-26-40(33-52(51)58)44-23-14-18-38-17-8-9-19-43(38)44)41-27-31-48-47-29-25-39(37-15-6-5-7-16-37)34-54(47)60(3,4)56(48)35-41/h5-36H,1-4H3. The van der Waals surface area contributed by atoms with Crippen LogP contribution in [0, 0.1) is 0 Å². The van der Waals surface area contributed by atoms with Gasteiger partial charge in [0, 0.05) is 10.8 Å². The molecule has 0 saturated heterocycles. The van der Waals surface area contributed by atoms with E-state index in [2.05, 4.69) is 222 Å². The van der Waals surface area contributed by atoms with Crippen molar-refractivity contribution in [3.05, 3.63) is 216 Å². The molecule has 0 amide bonds. The number of rotatable bonds is 4. The molecule has 0 radical (unpaired) electrons. The average Bonchev–Trinajstić information content (AvgIpc) is 3.66. The second kappa shape index (κ2) is 12.7. The first-order valence-corrected chi connectivity index (χ1v) is 21.3. The number of hydrogen-bond acceptors (Lipinski definition) is 0. The van der Waals surface area contributed by atoms with E-state index in [9.17, 15) is 0 Å². The van der Waals surface area contributed by atoms with Gasteiger partial charge in [-0.3, -0.25) is 0 Å². The molecule has 0 unspecified atom stereocenters. The van der Waals surface area contributed by atoms with Gasteiger partial charge in [0.2, 0.25) is 0 Å². The summed E-state index contributed by atoms with van der Waals surface area (Å²) in [6.07, 6.45) is 0. The molecule has 0 spiro atoms. The fourth-order valence-corrected chi connectivity index (χ4v) is 11.0. The lowest BCUT2D eigenvalue weighted by Crippen LogP contribution is -2.15. The van der Waals surface area contributed by atoms with Crippen molar-refractivity contribution in [2.24, 2.45) is 0 Å². The summed E-state index contributed by atoms with van der Waals surface area (Å²) in [5.74, 6) is 0. The maximum absolute atomic E-state index is 2.51. The molecule has 0 saturated carbocycles. The molecule has 284 valence electrons. The quantitative estimate of drug-likeness (QED) is 0.157. The van der Waals surface area contributed by atoms with E-state index in [-0.39, 0.29) is 10.8 Å². The van der Waals surface area contributed by atoms with Crippen molar-refractivity contribution < 1.29 is 0 Å². The van der Waals surface area contributed by atoms with E-state index < -0.39 is 0 Å². The number of benzene rings is 10. The third-order valence-electron chi connectivity index (χ3n) is 14.1. The van der Waals surface area contributed by atoms with Crippen molar-refractivity contribution in [1.82, 2.24) is 0 Å². The van der Waals surface area contributed by atoms with E-state index in [4.69, 9.17) is 0 Å². The van der Waals surface area contributed by atoms with Crippen molar-refractivity contribution in [1.29, 1.82) is 0 Å². The molecule has 2 aliphatic carbocycles. The third kappa shape index (κ3) is 4.98. The van der Waals surface area contributed by atoms with Crippen molar-refractivity contribution in [2.75, 3.05) is 0 Å². The van der Waals surface area contributed by atoms with Crippen LogP contribution in [-0.4, -0.2) is 0 Å². The normalized spacial score (nSPS) is 14.3. The van der Waals surface area contributed by atoms with Gasteiger partial charge in [0.15, 0.2) is 0 Å². The minimum atomic E-state index is -0.159. The summed E-state index contributed by atoms with van der Waals surface area (Å²) in [5.41, 5.74) is 20.8. The lowest BCUT2D eigenvalue weighted by molar-refractivity contribution is 0.660. The van der Waals surface area contributed by atoms with Crippen LogP contribution in [0.5, 0.6) is 0 Å². The van der Waals surface area contributed by atoms with Gasteiger partial charge < -0.3 is 0 Å². The summed E-state index contributed by atoms with van der Waals surface area (Å²) in [7, 11) is 0. The van der Waals surface area contributed by atoms with Crippen LogP contribution in [0.2, 0.25) is 0 Å². The topological polar surface area (TPSA) is 0 Å². The zero-order chi connectivity index (χ0) is 40.3. The Hall–Kier alpha value is -7.02. The zero-order valence-electron chi connectivity index (χ0n) is 34.5. The van der Waals surface area contributed by atoms with E-state index in [1.165, 1.54) is 121 Å². The van der Waals surface area contributed by atoms with E-state index in [0.717, 1.165) is 0 Å². The molecule has 10 aromatic carbocycles. The summed E-state index contributed by atoms with van der Waals surface area (Å²) >= 11 is 0. The van der Waals surface area contributed by atoms with Crippen LogP contribution in [0.25, 0.3) is 99.1 Å². The van der Waals surface area contributed by atoms with Crippen molar-refractivity contribution >= 4 is 32.3 Å². The Morgan fingerprint density at radius 2 is 0.700 bits per heavy atom. The molecule has 0 bridgehead atoms. The predicted molar refractivity (Wildman–Crippen MR) is 256 cm³/mol. The first-order valence-electron chi connectivity index (χ1n) is 21.3. The SMILES string of the molecule is CC1(C)c2ccccc2-c2ccc(-c3c4ccccc4c(-c4ccc5c(c4)C(C)(C)c4cc(-c6ccccc6)ccc4-5)c4ccc(-c5cccc6ccccc56)cc34)cc21. The van der Waals surface area contributed by atoms with Gasteiger partial charge in [0.05, 0.1) is 0 Å². The van der Waals surface area contributed by atoms with E-state index in [1.807, 2.05) is 0 Å². The van der Waals surface area contributed by atoms with Crippen LogP contribution in [0.15, 0.2) is 194 Å². The van der Waals surface area contributed by atoms with Gasteiger partial charge in [-0.15, -0.1) is 0 Å². The lowest BCUT2D eigenvalue weighted by atomic mass is 9.79. The zero-order valence-corrected chi connectivity index (χ0v) is 34.5. The second-order valence-corrected chi connectivity index (χ2v) is 18.0. The molecule has 0 aromatic heterocycles. The Bertz CT molecular complexity index is 3410. The van der Waals surface area contributed by atoms with Crippen molar-refractivity contribution in [2.45, 2.75) is 38.5 Å². The fourth-order valence-electron chi connectivity index (χ4n) is 11.0. The van der Waals surface area contributed by atoms with E-state index in [1.54, 1.807) is 0 Å². The monoisotopic (exact) mass is 764 g/mol. The van der Waals surface area contributed by atoms with Gasteiger partial charge in [-0.25, -0.2) is 0 Å². The third-order valence-corrected chi connectivity index (χ3v) is 14.1. The molecule has 0 nitrogen and oxygen atoms in total. The summed E-state index contributed by atoms with van der Waals surface area (Å²) in [6.45, 7) is 9.57. The van der Waals surface area contributed by atoms with Crippen molar-refractivity contribution in [3.8, 4) is 66.8 Å². The Kier molecular flexibility index (Phi) is 7.42. The largest absolute Gasteiger partial charge is 0.0622 e. The van der Waals surface area contributed by atoms with Crippen LogP contribution in [0.1, 0.15) is 49.9 Å². The Morgan fingerprint density at radius 3 is 1.38 bits per heavy atom. The highest BCUT2D eigenvalue weighted by atomic mass is 14.4. The predicted octanol–water partition coefficient (Wildman–Crippen LogP) is 16.4. The van der Waals surface area contributed by atoms with Crippen LogP contribution < -0.4 is 0 Å². The van der Waals surface area contributed by atoms with Gasteiger partial charge in [-0.2, -0.15) is 0 Å². The van der Waals surface area contributed by atoms with E-state index >= 15 is 0 Å². The fraction of sp³-hybridized carbons (Fsp3) is 0.100. The number of hydrogen-bond donors (Lipinski definition) is 0. The molecule has 0 N–H and O–H groups in total. The molecule has 0 heterocycles. The summed E-state index contributed by atoms with van der Waals surface area (Å²) in [6, 6.07) is 73.2. The Labute approximate surface area is 352 Å².